The number of hydrogen-bond acceptors (Lipinski definition) is 5. The van der Waals surface area contributed by atoms with Gasteiger partial charge in [-0.05, 0) is 24.6 Å². The van der Waals surface area contributed by atoms with Crippen LogP contribution >= 0.6 is 11.3 Å². The average molecular weight is 371 g/mol. The molecule has 2 aromatic carbocycles. The van der Waals surface area contributed by atoms with Crippen molar-refractivity contribution in [2.45, 2.75) is 13.3 Å². The van der Waals surface area contributed by atoms with Crippen molar-refractivity contribution < 1.29 is 14.1 Å². The van der Waals surface area contributed by atoms with Crippen LogP contribution in [0.3, 0.4) is 0 Å². The minimum absolute atomic E-state index is 0.0218. The average Bonchev–Trinajstić information content (AvgIpc) is 3.05. The van der Waals surface area contributed by atoms with Gasteiger partial charge in [-0.25, -0.2) is 9.37 Å². The highest BCUT2D eigenvalue weighted by Gasteiger charge is 2.13. The SMILES string of the molecule is Cc1ccc([N+](=O)[O-])cc1NC(=O)Cc1csc(-c2cccc(F)c2)n1. The largest absolute Gasteiger partial charge is 0.325 e. The Morgan fingerprint density at radius 3 is 2.85 bits per heavy atom. The second kappa shape index (κ2) is 7.40. The molecule has 1 amide bonds. The van der Waals surface area contributed by atoms with Gasteiger partial charge in [0.05, 0.1) is 22.7 Å². The number of thiazole rings is 1. The smallest absolute Gasteiger partial charge is 0.271 e. The summed E-state index contributed by atoms with van der Waals surface area (Å²) in [5, 5.41) is 15.9. The molecule has 0 aliphatic rings. The first-order valence-electron chi connectivity index (χ1n) is 7.67. The van der Waals surface area contributed by atoms with E-state index >= 15 is 0 Å². The molecule has 0 saturated carbocycles. The van der Waals surface area contributed by atoms with Crippen molar-refractivity contribution in [3.63, 3.8) is 0 Å². The van der Waals surface area contributed by atoms with E-state index in [2.05, 4.69) is 10.3 Å². The molecule has 3 aromatic rings. The first kappa shape index (κ1) is 17.7. The molecule has 0 aliphatic carbocycles. The van der Waals surface area contributed by atoms with Gasteiger partial charge in [0.2, 0.25) is 5.91 Å². The van der Waals surface area contributed by atoms with E-state index in [1.165, 1.54) is 35.6 Å². The quantitative estimate of drug-likeness (QED) is 0.534. The standard InChI is InChI=1S/C18H14FN3O3S/c1-11-5-6-15(22(24)25)9-16(11)21-17(23)8-14-10-26-18(20-14)12-3-2-4-13(19)7-12/h2-7,9-10H,8H2,1H3,(H,21,23). The number of rotatable bonds is 5. The van der Waals surface area contributed by atoms with Crippen LogP contribution in [-0.2, 0) is 11.2 Å². The molecule has 0 bridgehead atoms. The molecule has 0 atom stereocenters. The zero-order valence-electron chi connectivity index (χ0n) is 13.7. The lowest BCUT2D eigenvalue weighted by atomic mass is 10.1. The molecule has 0 aliphatic heterocycles. The van der Waals surface area contributed by atoms with Gasteiger partial charge < -0.3 is 5.32 Å². The summed E-state index contributed by atoms with van der Waals surface area (Å²) in [5.41, 5.74) is 2.23. The van der Waals surface area contributed by atoms with Crippen LogP contribution in [0.1, 0.15) is 11.3 Å². The Bertz CT molecular complexity index is 987. The van der Waals surface area contributed by atoms with E-state index < -0.39 is 4.92 Å². The predicted molar refractivity (Wildman–Crippen MR) is 97.7 cm³/mol. The second-order valence-electron chi connectivity index (χ2n) is 5.64. The summed E-state index contributed by atoms with van der Waals surface area (Å²) in [4.78, 5) is 26.9. The van der Waals surface area contributed by atoms with Crippen molar-refractivity contribution in [1.29, 1.82) is 0 Å². The number of carbonyl (C=O) groups is 1. The molecule has 6 nitrogen and oxygen atoms in total. The normalized spacial score (nSPS) is 10.5. The van der Waals surface area contributed by atoms with E-state index in [-0.39, 0.29) is 23.8 Å². The molecule has 1 aromatic heterocycles. The highest BCUT2D eigenvalue weighted by Crippen LogP contribution is 2.25. The number of hydrogen-bond donors (Lipinski definition) is 1. The van der Waals surface area contributed by atoms with Gasteiger partial charge in [0.15, 0.2) is 0 Å². The molecule has 0 spiro atoms. The van der Waals surface area contributed by atoms with E-state index in [0.717, 1.165) is 5.56 Å². The summed E-state index contributed by atoms with van der Waals surface area (Å²) >= 11 is 1.32. The number of nitro benzene ring substituents is 1. The van der Waals surface area contributed by atoms with E-state index in [4.69, 9.17) is 0 Å². The lowest BCUT2D eigenvalue weighted by Gasteiger charge is -2.07. The van der Waals surface area contributed by atoms with Crippen molar-refractivity contribution in [2.24, 2.45) is 0 Å². The summed E-state index contributed by atoms with van der Waals surface area (Å²) in [6.07, 6.45) is 0.0218. The van der Waals surface area contributed by atoms with Gasteiger partial charge in [0, 0.05) is 23.1 Å². The number of nitrogens with zero attached hydrogens (tertiary/aromatic N) is 2. The Morgan fingerprint density at radius 1 is 1.31 bits per heavy atom. The highest BCUT2D eigenvalue weighted by atomic mass is 32.1. The number of anilines is 1. The van der Waals surface area contributed by atoms with E-state index in [1.807, 2.05) is 0 Å². The molecule has 0 saturated heterocycles. The second-order valence-corrected chi connectivity index (χ2v) is 6.49. The Labute approximate surface area is 152 Å². The number of halogens is 1. The molecule has 0 unspecified atom stereocenters. The van der Waals surface area contributed by atoms with Crippen LogP contribution in [0.15, 0.2) is 47.8 Å². The number of nitrogens with one attached hydrogen (secondary N) is 1. The van der Waals surface area contributed by atoms with Crippen molar-refractivity contribution in [3.8, 4) is 10.6 Å². The first-order chi connectivity index (χ1) is 12.4. The van der Waals surface area contributed by atoms with Gasteiger partial charge in [-0.15, -0.1) is 11.3 Å². The summed E-state index contributed by atoms with van der Waals surface area (Å²) in [6, 6.07) is 10.4. The maximum absolute atomic E-state index is 13.3. The zero-order valence-corrected chi connectivity index (χ0v) is 14.5. The summed E-state index contributed by atoms with van der Waals surface area (Å²) < 4.78 is 13.3. The molecular weight excluding hydrogens is 357 g/mol. The highest BCUT2D eigenvalue weighted by molar-refractivity contribution is 7.13. The Balaban J connectivity index is 1.71. The number of aromatic nitrogens is 1. The molecule has 1 heterocycles. The van der Waals surface area contributed by atoms with Crippen molar-refractivity contribution in [3.05, 3.63) is 75.0 Å². The zero-order chi connectivity index (χ0) is 18.7. The van der Waals surface area contributed by atoms with Crippen LogP contribution in [0.4, 0.5) is 15.8 Å². The fourth-order valence-electron chi connectivity index (χ4n) is 2.36. The molecule has 3 rings (SSSR count). The third-order valence-corrected chi connectivity index (χ3v) is 4.61. The van der Waals surface area contributed by atoms with Crippen LogP contribution in [0.25, 0.3) is 10.6 Å². The van der Waals surface area contributed by atoms with Gasteiger partial charge in [-0.2, -0.15) is 0 Å². The van der Waals surface area contributed by atoms with E-state index in [1.54, 1.807) is 30.5 Å². The topological polar surface area (TPSA) is 85.1 Å². The summed E-state index contributed by atoms with van der Waals surface area (Å²) in [6.45, 7) is 1.75. The number of nitro groups is 1. The number of benzene rings is 2. The molecular formula is C18H14FN3O3S. The molecule has 8 heteroatoms. The predicted octanol–water partition coefficient (Wildman–Crippen LogP) is 4.35. The fourth-order valence-corrected chi connectivity index (χ4v) is 3.18. The van der Waals surface area contributed by atoms with Crippen molar-refractivity contribution >= 4 is 28.6 Å². The minimum Gasteiger partial charge on any atom is -0.325 e. The van der Waals surface area contributed by atoms with E-state index in [9.17, 15) is 19.3 Å². The molecule has 0 fully saturated rings. The van der Waals surface area contributed by atoms with Crippen LogP contribution in [0.2, 0.25) is 0 Å². The van der Waals surface area contributed by atoms with Crippen molar-refractivity contribution in [2.75, 3.05) is 5.32 Å². The molecule has 26 heavy (non-hydrogen) atoms. The van der Waals surface area contributed by atoms with Gasteiger partial charge >= 0.3 is 0 Å². The lowest BCUT2D eigenvalue weighted by molar-refractivity contribution is -0.384. The third-order valence-electron chi connectivity index (χ3n) is 3.67. The maximum Gasteiger partial charge on any atom is 0.271 e. The first-order valence-corrected chi connectivity index (χ1v) is 8.55. The number of aryl methyl sites for hydroxylation is 1. The van der Waals surface area contributed by atoms with Gasteiger partial charge in [-0.3, -0.25) is 14.9 Å². The third kappa shape index (κ3) is 4.09. The van der Waals surface area contributed by atoms with Gasteiger partial charge in [-0.1, -0.05) is 18.2 Å². The number of non-ortho nitro benzene ring substituents is 1. The van der Waals surface area contributed by atoms with Crippen LogP contribution in [-0.4, -0.2) is 15.8 Å². The molecule has 1 N–H and O–H groups in total. The monoisotopic (exact) mass is 371 g/mol. The maximum atomic E-state index is 13.3. The Kier molecular flexibility index (Phi) is 5.04. The lowest BCUT2D eigenvalue weighted by Crippen LogP contribution is -2.15. The molecule has 132 valence electrons. The van der Waals surface area contributed by atoms with E-state index in [0.29, 0.717) is 22.0 Å². The van der Waals surface area contributed by atoms with Crippen LogP contribution in [0, 0.1) is 22.9 Å². The molecule has 0 radical (unpaired) electrons. The van der Waals surface area contributed by atoms with Crippen LogP contribution in [0.5, 0.6) is 0 Å². The minimum atomic E-state index is -0.513. The van der Waals surface area contributed by atoms with Gasteiger partial charge in [0.1, 0.15) is 10.8 Å². The summed E-state index contributed by atoms with van der Waals surface area (Å²) in [5.74, 6) is -0.678. The fraction of sp³-hybridized carbons (Fsp3) is 0.111. The number of amides is 1. The Hall–Kier alpha value is -3.13. The summed E-state index contributed by atoms with van der Waals surface area (Å²) in [7, 11) is 0. The Morgan fingerprint density at radius 2 is 2.12 bits per heavy atom. The van der Waals surface area contributed by atoms with Gasteiger partial charge in [0.25, 0.3) is 5.69 Å². The van der Waals surface area contributed by atoms with Crippen molar-refractivity contribution in [1.82, 2.24) is 4.98 Å². The number of carbonyl (C=O) groups excluding carboxylic acids is 1. The van der Waals surface area contributed by atoms with Crippen LogP contribution < -0.4 is 5.32 Å².